The Morgan fingerprint density at radius 2 is 2.43 bits per heavy atom. The molecule has 7 heavy (non-hydrogen) atoms. The number of carbonyl (C=O) groups excluding carboxylic acids is 1. The Hall–Kier alpha value is -0.330. The lowest BCUT2D eigenvalue weighted by Gasteiger charge is -1.86. The topological polar surface area (TPSA) is 17.1 Å². The number of carbonyl (C=O) groups is 1. The first-order chi connectivity index (χ1) is 3.66. The van der Waals surface area contributed by atoms with Crippen LogP contribution in [0.1, 0.15) is 34.5 Å². The highest BCUT2D eigenvalue weighted by Gasteiger charge is 1.87. The first-order valence-electron chi connectivity index (χ1n) is 3.16. The summed E-state index contributed by atoms with van der Waals surface area (Å²) in [6.45, 7) is 3.44. The Kier molecular flexibility index (Phi) is 2.65. The highest BCUT2D eigenvalue weighted by atomic mass is 16.1. The van der Waals surface area contributed by atoms with Gasteiger partial charge in [0.1, 0.15) is 5.78 Å². The summed E-state index contributed by atoms with van der Waals surface area (Å²) in [4.78, 5) is 10.3. The van der Waals surface area contributed by atoms with Gasteiger partial charge in [0.25, 0.3) is 0 Å². The second-order valence-electron chi connectivity index (χ2n) is 1.60. The molecule has 42 valence electrons. The molecule has 0 aromatic rings. The van der Waals surface area contributed by atoms with Crippen molar-refractivity contribution in [3.8, 4) is 0 Å². The third-order valence-corrected chi connectivity index (χ3v) is 0.720. The summed E-state index contributed by atoms with van der Waals surface area (Å²) in [5, 5.41) is 0. The first-order valence-corrected chi connectivity index (χ1v) is 2.58. The van der Waals surface area contributed by atoms with Gasteiger partial charge in [0, 0.05) is 7.79 Å². The van der Waals surface area contributed by atoms with Crippen LogP contribution in [0.2, 0.25) is 0 Å². The van der Waals surface area contributed by atoms with Crippen molar-refractivity contribution in [1.82, 2.24) is 0 Å². The van der Waals surface area contributed by atoms with Gasteiger partial charge in [-0.1, -0.05) is 13.3 Å². The van der Waals surface area contributed by atoms with E-state index in [1.54, 1.807) is 0 Å². The molecule has 0 spiro atoms. The Labute approximate surface area is 46.1 Å². The molecule has 1 heteroatoms. The molecule has 0 saturated heterocycles. The second-order valence-corrected chi connectivity index (χ2v) is 1.60. The van der Waals surface area contributed by atoms with E-state index < -0.39 is 0 Å². The van der Waals surface area contributed by atoms with Gasteiger partial charge in [-0.05, 0) is 13.3 Å². The molecule has 1 unspecified atom stereocenters. The van der Waals surface area contributed by atoms with E-state index in [9.17, 15) is 4.79 Å². The molecule has 0 aromatic carbocycles. The predicted octanol–water partition coefficient (Wildman–Crippen LogP) is 1.77. The van der Waals surface area contributed by atoms with Crippen molar-refractivity contribution in [2.24, 2.45) is 0 Å². The molecule has 0 bridgehead atoms. The number of hydrogen-bond donors (Lipinski definition) is 0. The number of rotatable bonds is 3. The molecule has 0 saturated carbocycles. The van der Waals surface area contributed by atoms with Gasteiger partial charge in [0.15, 0.2) is 0 Å². The lowest BCUT2D eigenvalue weighted by molar-refractivity contribution is -0.117. The van der Waals surface area contributed by atoms with Crippen LogP contribution in [0.25, 0.3) is 0 Å². The fourth-order valence-corrected chi connectivity index (χ4v) is 0.348. The Morgan fingerprint density at radius 3 is 2.57 bits per heavy atom. The average molecular weight is 101 g/mol. The summed E-state index contributed by atoms with van der Waals surface area (Å²) in [5.41, 5.74) is 0. The van der Waals surface area contributed by atoms with E-state index in [4.69, 9.17) is 1.37 Å². The van der Waals surface area contributed by atoms with Gasteiger partial charge in [0.2, 0.25) is 0 Å². The monoisotopic (exact) mass is 101 g/mol. The van der Waals surface area contributed by atoms with E-state index in [2.05, 4.69) is 0 Å². The third kappa shape index (κ3) is 5.67. The molecule has 0 radical (unpaired) electrons. The number of hydrogen-bond acceptors (Lipinski definition) is 1. The molecule has 0 aliphatic carbocycles. The summed E-state index contributed by atoms with van der Waals surface area (Å²) < 4.78 is 7.13. The van der Waals surface area contributed by atoms with Crippen molar-refractivity contribution in [3.63, 3.8) is 0 Å². The van der Waals surface area contributed by atoms with Crippen LogP contribution in [-0.2, 0) is 4.79 Å². The maximum atomic E-state index is 10.3. The molecule has 0 rings (SSSR count). The largest absolute Gasteiger partial charge is 0.300 e. The Balaban J connectivity index is 3.24. The molecule has 0 aliphatic heterocycles. The van der Waals surface area contributed by atoms with Gasteiger partial charge in [-0.15, -0.1) is 0 Å². The normalized spacial score (nSPS) is 15.4. The maximum absolute atomic E-state index is 10.3. The molecular weight excluding hydrogens is 88.1 g/mol. The summed E-state index contributed by atoms with van der Waals surface area (Å²) in [5.74, 6) is 0.117. The summed E-state index contributed by atoms with van der Waals surface area (Å²) >= 11 is 0. The summed E-state index contributed by atoms with van der Waals surface area (Å²) in [7, 11) is 0. The van der Waals surface area contributed by atoms with Gasteiger partial charge in [-0.25, -0.2) is 0 Å². The van der Waals surface area contributed by atoms with E-state index in [1.165, 1.54) is 6.92 Å². The van der Waals surface area contributed by atoms with Crippen molar-refractivity contribution < 1.29 is 6.17 Å². The molecular formula is C6H12O. The lowest BCUT2D eigenvalue weighted by atomic mass is 10.2. The van der Waals surface area contributed by atoms with Crippen LogP contribution in [0.4, 0.5) is 0 Å². The minimum absolute atomic E-state index is 0.117. The van der Waals surface area contributed by atoms with Crippen molar-refractivity contribution in [3.05, 3.63) is 0 Å². The van der Waals surface area contributed by atoms with E-state index >= 15 is 0 Å². The second kappa shape index (κ2) is 3.85. The van der Waals surface area contributed by atoms with Crippen LogP contribution in [0.5, 0.6) is 0 Å². The van der Waals surface area contributed by atoms with Crippen molar-refractivity contribution >= 4 is 5.78 Å². The molecule has 0 N–H and O–H groups in total. The third-order valence-electron chi connectivity index (χ3n) is 0.720. The fourth-order valence-electron chi connectivity index (χ4n) is 0.348. The van der Waals surface area contributed by atoms with Crippen molar-refractivity contribution in [2.75, 3.05) is 0 Å². The van der Waals surface area contributed by atoms with Crippen LogP contribution in [-0.4, -0.2) is 5.78 Å². The van der Waals surface area contributed by atoms with Crippen LogP contribution in [0.15, 0.2) is 0 Å². The molecule has 0 amide bonds. The average Bonchev–Trinajstić information content (AvgIpc) is 1.65. The minimum atomic E-state index is -0.174. The van der Waals surface area contributed by atoms with Crippen LogP contribution >= 0.6 is 0 Å². The standard InChI is InChI=1S/C6H12O/c1-3-4-5-6(2)7/h3-5H2,1-2H3/i4D. The molecule has 1 atom stereocenters. The summed E-state index contributed by atoms with van der Waals surface area (Å²) in [6.07, 6.45) is 1.02. The number of Topliss-reactive ketones (excluding diaryl/α,β-unsaturated/α-hetero) is 1. The quantitative estimate of drug-likeness (QED) is 0.529. The minimum Gasteiger partial charge on any atom is -0.300 e. The van der Waals surface area contributed by atoms with Gasteiger partial charge >= 0.3 is 0 Å². The molecule has 0 aliphatic rings. The van der Waals surface area contributed by atoms with E-state index in [1.807, 2.05) is 6.92 Å². The highest BCUT2D eigenvalue weighted by molar-refractivity contribution is 5.75. The van der Waals surface area contributed by atoms with E-state index in [0.29, 0.717) is 6.42 Å². The number of ketones is 1. The van der Waals surface area contributed by atoms with Gasteiger partial charge in [-0.2, -0.15) is 0 Å². The zero-order valence-corrected chi connectivity index (χ0v) is 4.90. The maximum Gasteiger partial charge on any atom is 0.129 e. The predicted molar refractivity (Wildman–Crippen MR) is 30.2 cm³/mol. The first kappa shape index (κ1) is 4.82. The lowest BCUT2D eigenvalue weighted by Crippen LogP contribution is -1.86. The van der Waals surface area contributed by atoms with E-state index in [-0.39, 0.29) is 12.2 Å². The van der Waals surface area contributed by atoms with Crippen molar-refractivity contribution in [2.45, 2.75) is 33.1 Å². The fraction of sp³-hybridized carbons (Fsp3) is 0.833. The van der Waals surface area contributed by atoms with Gasteiger partial charge in [0.05, 0.1) is 0 Å². The molecule has 1 nitrogen and oxygen atoms in total. The zero-order chi connectivity index (χ0) is 6.57. The highest BCUT2D eigenvalue weighted by Crippen LogP contribution is 1.92. The Bertz CT molecular complexity index is 80.6. The van der Waals surface area contributed by atoms with Crippen LogP contribution in [0.3, 0.4) is 0 Å². The zero-order valence-electron chi connectivity index (χ0n) is 5.90. The van der Waals surface area contributed by atoms with Gasteiger partial charge < -0.3 is 4.79 Å². The van der Waals surface area contributed by atoms with E-state index in [0.717, 1.165) is 6.42 Å². The summed E-state index contributed by atoms with van der Waals surface area (Å²) in [6, 6.07) is 0. The van der Waals surface area contributed by atoms with Crippen molar-refractivity contribution in [1.29, 1.82) is 0 Å². The molecule has 0 aromatic heterocycles. The van der Waals surface area contributed by atoms with Crippen LogP contribution in [0, 0.1) is 0 Å². The van der Waals surface area contributed by atoms with Crippen LogP contribution < -0.4 is 0 Å². The molecule has 0 heterocycles. The Morgan fingerprint density at radius 1 is 1.86 bits per heavy atom. The van der Waals surface area contributed by atoms with Gasteiger partial charge in [-0.3, -0.25) is 0 Å². The smallest absolute Gasteiger partial charge is 0.129 e. The SMILES string of the molecule is [2H]C(CC)CC(C)=O. The molecule has 0 fully saturated rings.